The molecule has 218 valence electrons. The van der Waals surface area contributed by atoms with Gasteiger partial charge in [0.2, 0.25) is 5.91 Å². The monoisotopic (exact) mass is 576 g/mol. The first-order valence-electron chi connectivity index (χ1n) is 14.0. The summed E-state index contributed by atoms with van der Waals surface area (Å²) in [6, 6.07) is 24.1. The van der Waals surface area contributed by atoms with Crippen molar-refractivity contribution in [3.8, 4) is 5.75 Å². The summed E-state index contributed by atoms with van der Waals surface area (Å²) in [6.45, 7) is 6.09. The maximum Gasteiger partial charge on any atom is 0.255 e. The number of benzene rings is 3. The van der Waals surface area contributed by atoms with E-state index in [-0.39, 0.29) is 43.4 Å². The number of carbonyl (C=O) groups excluding carboxylic acids is 2. The quantitative estimate of drug-likeness (QED) is 0.277. The van der Waals surface area contributed by atoms with Gasteiger partial charge in [0.25, 0.3) is 5.91 Å². The number of nitrogens with one attached hydrogen (secondary N) is 1. The lowest BCUT2D eigenvalue weighted by molar-refractivity contribution is -0.133. The number of hydrogen-bond acceptors (Lipinski definition) is 6. The first-order valence-corrected chi connectivity index (χ1v) is 17.0. The van der Waals surface area contributed by atoms with Crippen molar-refractivity contribution >= 4 is 25.8 Å². The molecule has 0 radical (unpaired) electrons. The number of fused-ring (bicyclic) bond motifs is 1. The Balaban J connectivity index is 1.57. The molecule has 0 spiro atoms. The summed E-state index contributed by atoms with van der Waals surface area (Å²) in [5.41, 5.74) is 2.53. The van der Waals surface area contributed by atoms with Gasteiger partial charge in [-0.25, -0.2) is 0 Å². The summed E-state index contributed by atoms with van der Waals surface area (Å²) in [5, 5.41) is 12.6. The molecule has 1 heterocycles. The van der Waals surface area contributed by atoms with Gasteiger partial charge in [-0.3, -0.25) is 9.59 Å². The lowest BCUT2D eigenvalue weighted by Gasteiger charge is -2.44. The predicted octanol–water partition coefficient (Wildman–Crippen LogP) is 5.00. The topological polar surface area (TPSA) is 108 Å². The Labute approximate surface area is 243 Å². The zero-order chi connectivity index (χ0) is 29.6. The van der Waals surface area contributed by atoms with Crippen LogP contribution in [0.25, 0.3) is 0 Å². The van der Waals surface area contributed by atoms with Crippen LogP contribution >= 0.6 is 0 Å². The molecular weight excluding hydrogens is 536 g/mol. The number of aliphatic hydroxyl groups is 1. The lowest BCUT2D eigenvalue weighted by Crippen LogP contribution is -2.50. The van der Waals surface area contributed by atoms with E-state index in [2.05, 4.69) is 5.32 Å². The fraction of sp³-hybridized carbons (Fsp3) is 0.375. The number of ether oxygens (including phenoxy) is 2. The number of hydrogen-bond donors (Lipinski definition) is 3. The zero-order valence-electron chi connectivity index (χ0n) is 24.1. The van der Waals surface area contributed by atoms with Gasteiger partial charge in [-0.15, -0.1) is 0 Å². The molecule has 4 atom stereocenters. The highest BCUT2D eigenvalue weighted by Gasteiger charge is 2.47. The van der Waals surface area contributed by atoms with Crippen molar-refractivity contribution in [3.63, 3.8) is 0 Å². The van der Waals surface area contributed by atoms with E-state index < -0.39 is 20.0 Å². The Hall–Kier alpha value is -3.50. The van der Waals surface area contributed by atoms with Gasteiger partial charge in [-0.1, -0.05) is 55.5 Å². The van der Waals surface area contributed by atoms with E-state index in [4.69, 9.17) is 9.47 Å². The van der Waals surface area contributed by atoms with Crippen LogP contribution in [0, 0.1) is 5.92 Å². The second-order valence-electron chi connectivity index (χ2n) is 11.2. The minimum atomic E-state index is -2.92. The third-order valence-corrected chi connectivity index (χ3v) is 10.1. The van der Waals surface area contributed by atoms with Crippen LogP contribution in [0.3, 0.4) is 0 Å². The van der Waals surface area contributed by atoms with Crippen molar-refractivity contribution in [3.05, 3.63) is 95.6 Å². The first-order chi connectivity index (χ1) is 19.6. The van der Waals surface area contributed by atoms with Crippen molar-refractivity contribution in [2.24, 2.45) is 5.92 Å². The third-order valence-electron chi connectivity index (χ3n) is 7.76. The number of anilines is 1. The van der Waals surface area contributed by atoms with E-state index in [9.17, 15) is 19.5 Å². The maximum absolute atomic E-state index is 13.6. The van der Waals surface area contributed by atoms with Crippen LogP contribution in [-0.4, -0.2) is 61.3 Å². The van der Waals surface area contributed by atoms with Gasteiger partial charge in [-0.2, -0.15) is 0 Å². The van der Waals surface area contributed by atoms with Crippen LogP contribution in [0.5, 0.6) is 5.75 Å². The van der Waals surface area contributed by atoms with Gasteiger partial charge >= 0.3 is 0 Å². The Morgan fingerprint density at radius 2 is 1.71 bits per heavy atom. The maximum atomic E-state index is 13.6. The second-order valence-corrected chi connectivity index (χ2v) is 15.2. The second kappa shape index (κ2) is 13.4. The molecule has 0 fully saturated rings. The standard InChI is InChI=1S/C32H40N2O6Si/c1-22-30(39-2)26-19-25(33-32(37)24-13-9-6-10-14-24)15-16-27(26)40-31(22)28(41(3,4)38)20-29(36)34(17-18-35)21-23-11-7-5-8-12-23/h5-16,19,22,28,30-31,35,38H,17-18,20-21H2,1-4H3,(H,33,37)/t22-,28?,30-,31-/m1/s1. The molecule has 4 rings (SSSR count). The van der Waals surface area contributed by atoms with Gasteiger partial charge in [0.15, 0.2) is 8.32 Å². The van der Waals surface area contributed by atoms with Crippen LogP contribution < -0.4 is 10.1 Å². The smallest absolute Gasteiger partial charge is 0.255 e. The molecule has 9 heteroatoms. The van der Waals surface area contributed by atoms with Crippen molar-refractivity contribution < 1.29 is 29.0 Å². The molecule has 1 aliphatic rings. The average molecular weight is 577 g/mol. The van der Waals surface area contributed by atoms with E-state index >= 15 is 0 Å². The van der Waals surface area contributed by atoms with E-state index in [1.807, 2.05) is 74.6 Å². The minimum Gasteiger partial charge on any atom is -0.490 e. The van der Waals surface area contributed by atoms with Crippen molar-refractivity contribution in [2.45, 2.75) is 50.7 Å². The molecule has 0 bridgehead atoms. The molecule has 0 saturated heterocycles. The van der Waals surface area contributed by atoms with Crippen molar-refractivity contribution in [1.29, 1.82) is 0 Å². The summed E-state index contributed by atoms with van der Waals surface area (Å²) < 4.78 is 12.5. The van der Waals surface area contributed by atoms with E-state index in [0.29, 0.717) is 23.5 Å². The molecule has 41 heavy (non-hydrogen) atoms. The van der Waals surface area contributed by atoms with Gasteiger partial charge in [-0.05, 0) is 49.0 Å². The Kier molecular flexibility index (Phi) is 9.98. The van der Waals surface area contributed by atoms with Crippen LogP contribution in [-0.2, 0) is 16.1 Å². The molecule has 3 aromatic carbocycles. The summed E-state index contributed by atoms with van der Waals surface area (Å²) >= 11 is 0. The Bertz CT molecular complexity index is 1310. The van der Waals surface area contributed by atoms with E-state index in [1.54, 1.807) is 36.3 Å². The van der Waals surface area contributed by atoms with Crippen molar-refractivity contribution in [1.82, 2.24) is 4.90 Å². The highest BCUT2D eigenvalue weighted by molar-refractivity contribution is 6.71. The van der Waals surface area contributed by atoms with Gasteiger partial charge in [0.05, 0.1) is 12.7 Å². The molecule has 0 aromatic heterocycles. The molecule has 3 aromatic rings. The molecule has 1 unspecified atom stereocenters. The molecule has 8 nitrogen and oxygen atoms in total. The molecule has 3 N–H and O–H groups in total. The lowest BCUT2D eigenvalue weighted by atomic mass is 9.86. The first kappa shape index (κ1) is 30.5. The summed E-state index contributed by atoms with van der Waals surface area (Å²) in [7, 11) is -1.29. The fourth-order valence-corrected chi connectivity index (χ4v) is 7.40. The minimum absolute atomic E-state index is 0.0918. The number of rotatable bonds is 11. The van der Waals surface area contributed by atoms with Crippen LogP contribution in [0.4, 0.5) is 5.69 Å². The molecule has 2 amide bonds. The third kappa shape index (κ3) is 7.42. The number of amides is 2. The number of nitrogens with zero attached hydrogens (tertiary/aromatic N) is 1. The normalized spacial score (nSPS) is 19.0. The van der Waals surface area contributed by atoms with Gasteiger partial charge < -0.3 is 29.6 Å². The largest absolute Gasteiger partial charge is 0.490 e. The molecule has 1 aliphatic heterocycles. The number of carbonyl (C=O) groups is 2. The van der Waals surface area contributed by atoms with E-state index in [0.717, 1.165) is 11.1 Å². The highest BCUT2D eigenvalue weighted by Crippen LogP contribution is 2.47. The average Bonchev–Trinajstić information content (AvgIpc) is 2.96. The zero-order valence-corrected chi connectivity index (χ0v) is 25.1. The number of methoxy groups -OCH3 is 1. The molecule has 0 aliphatic carbocycles. The number of aliphatic hydroxyl groups excluding tert-OH is 1. The summed E-state index contributed by atoms with van der Waals surface area (Å²) in [6.07, 6.45) is -0.751. The van der Waals surface area contributed by atoms with Gasteiger partial charge in [0, 0.05) is 54.9 Å². The fourth-order valence-electron chi connectivity index (χ4n) is 5.55. The summed E-state index contributed by atoms with van der Waals surface area (Å²) in [5.74, 6) is 0.0587. The Morgan fingerprint density at radius 1 is 1.05 bits per heavy atom. The Morgan fingerprint density at radius 3 is 2.32 bits per heavy atom. The van der Waals surface area contributed by atoms with Crippen LogP contribution in [0.15, 0.2) is 78.9 Å². The van der Waals surface area contributed by atoms with Crippen LogP contribution in [0.1, 0.15) is 40.9 Å². The van der Waals surface area contributed by atoms with Crippen molar-refractivity contribution in [2.75, 3.05) is 25.6 Å². The van der Waals surface area contributed by atoms with E-state index in [1.165, 1.54) is 0 Å². The van der Waals surface area contributed by atoms with Crippen LogP contribution in [0.2, 0.25) is 18.6 Å². The molecule has 0 saturated carbocycles. The summed E-state index contributed by atoms with van der Waals surface area (Å²) in [4.78, 5) is 39.4. The highest BCUT2D eigenvalue weighted by atomic mass is 28.4. The predicted molar refractivity (Wildman–Crippen MR) is 161 cm³/mol. The van der Waals surface area contributed by atoms with Gasteiger partial charge in [0.1, 0.15) is 11.9 Å². The SMILES string of the molecule is CO[C@H]1c2cc(NC(=O)c3ccccc3)ccc2O[C@@H](C(CC(=O)N(CCO)Cc2ccccc2)[Si](C)(C)O)[C@@H]1C. The molecular formula is C32H40N2O6Si.